The van der Waals surface area contributed by atoms with Crippen LogP contribution in [0.3, 0.4) is 0 Å². The fraction of sp³-hybridized carbons (Fsp3) is 0.722. The molecule has 26 heavy (non-hydrogen) atoms. The monoisotopic (exact) mass is 362 g/mol. The number of hydrogen-bond donors (Lipinski definition) is 0. The van der Waals surface area contributed by atoms with E-state index in [1.54, 1.807) is 4.68 Å². The molecule has 1 saturated heterocycles. The van der Waals surface area contributed by atoms with Crippen LogP contribution in [0.15, 0.2) is 15.4 Å². The molecule has 1 aliphatic rings. The maximum absolute atomic E-state index is 12.7. The molecular formula is C18H30N6O2. The van der Waals surface area contributed by atoms with Gasteiger partial charge in [-0.1, -0.05) is 5.16 Å². The Bertz CT molecular complexity index is 775. The topological polar surface area (TPSA) is 72.3 Å². The number of likely N-dealkylation sites (N-methyl/N-ethyl adjacent to an activating group) is 1. The quantitative estimate of drug-likeness (QED) is 0.739. The summed E-state index contributed by atoms with van der Waals surface area (Å²) < 4.78 is 8.82. The average Bonchev–Trinajstić information content (AvgIpc) is 3.16. The summed E-state index contributed by atoms with van der Waals surface area (Å²) in [5, 5.41) is 8.67. The van der Waals surface area contributed by atoms with Gasteiger partial charge in [-0.15, -0.1) is 0 Å². The lowest BCUT2D eigenvalue weighted by atomic mass is 9.97. The second-order valence-corrected chi connectivity index (χ2v) is 7.42. The molecule has 144 valence electrons. The molecular weight excluding hydrogens is 332 g/mol. The van der Waals surface area contributed by atoms with Crippen LogP contribution in [-0.4, -0.2) is 63.0 Å². The van der Waals surface area contributed by atoms with E-state index in [4.69, 9.17) is 9.62 Å². The molecule has 1 atom stereocenters. The van der Waals surface area contributed by atoms with Crippen molar-refractivity contribution in [2.75, 3.05) is 33.7 Å². The minimum absolute atomic E-state index is 0.00679. The Hall–Kier alpha value is -1.93. The smallest absolute Gasteiger partial charge is 0.345 e. The van der Waals surface area contributed by atoms with Crippen LogP contribution in [-0.2, 0) is 19.6 Å². The van der Waals surface area contributed by atoms with Crippen molar-refractivity contribution >= 4 is 0 Å². The Morgan fingerprint density at radius 3 is 2.85 bits per heavy atom. The molecule has 1 unspecified atom stereocenters. The molecule has 0 aromatic carbocycles. The zero-order valence-corrected chi connectivity index (χ0v) is 16.3. The molecule has 8 heteroatoms. The van der Waals surface area contributed by atoms with E-state index in [0.717, 1.165) is 56.3 Å². The first-order valence-electron chi connectivity index (χ1n) is 9.44. The second kappa shape index (κ2) is 8.18. The summed E-state index contributed by atoms with van der Waals surface area (Å²) in [7, 11) is 4.01. The van der Waals surface area contributed by atoms with Gasteiger partial charge < -0.3 is 9.42 Å². The highest BCUT2D eigenvalue weighted by molar-refractivity contribution is 5.05. The lowest BCUT2D eigenvalue weighted by Gasteiger charge is -2.31. The molecule has 2 aromatic rings. The van der Waals surface area contributed by atoms with Crippen LogP contribution >= 0.6 is 0 Å². The second-order valence-electron chi connectivity index (χ2n) is 7.42. The third-order valence-electron chi connectivity index (χ3n) is 4.95. The summed E-state index contributed by atoms with van der Waals surface area (Å²) >= 11 is 0. The van der Waals surface area contributed by atoms with Gasteiger partial charge in [-0.2, -0.15) is 5.10 Å². The van der Waals surface area contributed by atoms with E-state index >= 15 is 0 Å². The van der Waals surface area contributed by atoms with Gasteiger partial charge >= 0.3 is 5.69 Å². The van der Waals surface area contributed by atoms with Crippen molar-refractivity contribution in [3.05, 3.63) is 33.8 Å². The third kappa shape index (κ3) is 4.24. The maximum atomic E-state index is 12.7. The number of rotatable bonds is 7. The van der Waals surface area contributed by atoms with Gasteiger partial charge in [-0.3, -0.25) is 9.47 Å². The van der Waals surface area contributed by atoms with Crippen molar-refractivity contribution in [1.82, 2.24) is 29.3 Å². The molecule has 0 N–H and O–H groups in total. The van der Waals surface area contributed by atoms with E-state index in [1.807, 2.05) is 38.6 Å². The molecule has 0 amide bonds. The van der Waals surface area contributed by atoms with E-state index < -0.39 is 0 Å². The standard InChI is InChI=1S/C18H30N6O2/c1-5-23-17(19-24(18(23)25)10-9-21(3)4)15-7-6-8-22(12-15)13-16-11-14(2)20-26-16/h11,15H,5-10,12-13H2,1-4H3. The maximum Gasteiger partial charge on any atom is 0.345 e. The van der Waals surface area contributed by atoms with Crippen molar-refractivity contribution < 1.29 is 4.52 Å². The number of aryl methyl sites for hydroxylation is 1. The van der Waals surface area contributed by atoms with Gasteiger partial charge in [0.1, 0.15) is 5.82 Å². The minimum atomic E-state index is 0.00679. The van der Waals surface area contributed by atoms with E-state index in [2.05, 4.69) is 15.0 Å². The van der Waals surface area contributed by atoms with Crippen LogP contribution < -0.4 is 5.69 Å². The van der Waals surface area contributed by atoms with E-state index in [0.29, 0.717) is 13.1 Å². The van der Waals surface area contributed by atoms with Gasteiger partial charge in [0.2, 0.25) is 0 Å². The fourth-order valence-corrected chi connectivity index (χ4v) is 3.62. The van der Waals surface area contributed by atoms with Crippen molar-refractivity contribution in [2.45, 2.75) is 52.2 Å². The minimum Gasteiger partial charge on any atom is -0.360 e. The number of piperidine rings is 1. The molecule has 1 fully saturated rings. The molecule has 0 saturated carbocycles. The van der Waals surface area contributed by atoms with Crippen molar-refractivity contribution in [3.63, 3.8) is 0 Å². The summed E-state index contributed by atoms with van der Waals surface area (Å²) in [6.45, 7) is 8.73. The summed E-state index contributed by atoms with van der Waals surface area (Å²) in [5.74, 6) is 2.10. The highest BCUT2D eigenvalue weighted by atomic mass is 16.5. The Balaban J connectivity index is 1.74. The number of hydrogen-bond acceptors (Lipinski definition) is 6. The molecule has 3 rings (SSSR count). The van der Waals surface area contributed by atoms with Gasteiger partial charge in [0.25, 0.3) is 0 Å². The van der Waals surface area contributed by atoms with Crippen LogP contribution in [0, 0.1) is 6.92 Å². The Morgan fingerprint density at radius 2 is 2.19 bits per heavy atom. The normalized spacial score (nSPS) is 18.7. The van der Waals surface area contributed by atoms with Crippen LogP contribution in [0.4, 0.5) is 0 Å². The van der Waals surface area contributed by atoms with Gasteiger partial charge in [-0.05, 0) is 47.3 Å². The van der Waals surface area contributed by atoms with Crippen LogP contribution in [0.5, 0.6) is 0 Å². The predicted octanol–water partition coefficient (Wildman–Crippen LogP) is 1.30. The molecule has 1 aliphatic heterocycles. The molecule has 8 nitrogen and oxygen atoms in total. The summed E-state index contributed by atoms with van der Waals surface area (Å²) in [4.78, 5) is 17.1. The number of likely N-dealkylation sites (tertiary alicyclic amines) is 1. The Kier molecular flexibility index (Phi) is 5.93. The first kappa shape index (κ1) is 18.8. The highest BCUT2D eigenvalue weighted by Crippen LogP contribution is 2.26. The Labute approximate surface area is 154 Å². The van der Waals surface area contributed by atoms with E-state index in [1.165, 1.54) is 0 Å². The zero-order valence-electron chi connectivity index (χ0n) is 16.3. The summed E-state index contributed by atoms with van der Waals surface area (Å²) in [6.07, 6.45) is 2.16. The highest BCUT2D eigenvalue weighted by Gasteiger charge is 2.27. The largest absolute Gasteiger partial charge is 0.360 e. The first-order valence-corrected chi connectivity index (χ1v) is 9.44. The van der Waals surface area contributed by atoms with E-state index in [9.17, 15) is 4.79 Å². The molecule has 0 aliphatic carbocycles. The first-order chi connectivity index (χ1) is 12.5. The van der Waals surface area contributed by atoms with E-state index in [-0.39, 0.29) is 11.6 Å². The molecule has 0 radical (unpaired) electrons. The van der Waals surface area contributed by atoms with Gasteiger partial charge in [-0.25, -0.2) is 9.48 Å². The molecule has 3 heterocycles. The van der Waals surface area contributed by atoms with Crippen LogP contribution in [0.25, 0.3) is 0 Å². The number of nitrogens with zero attached hydrogens (tertiary/aromatic N) is 6. The lowest BCUT2D eigenvalue weighted by molar-refractivity contribution is 0.175. The number of aromatic nitrogens is 4. The SMILES string of the molecule is CCn1c(C2CCCN(Cc3cc(C)no3)C2)nn(CCN(C)C)c1=O. The fourth-order valence-electron chi connectivity index (χ4n) is 3.62. The summed E-state index contributed by atoms with van der Waals surface area (Å²) in [6, 6.07) is 1.99. The predicted molar refractivity (Wildman–Crippen MR) is 99.2 cm³/mol. The molecule has 0 bridgehead atoms. The summed E-state index contributed by atoms with van der Waals surface area (Å²) in [5.41, 5.74) is 0.917. The third-order valence-corrected chi connectivity index (χ3v) is 4.95. The van der Waals surface area contributed by atoms with Gasteiger partial charge in [0.05, 0.1) is 18.8 Å². The Morgan fingerprint density at radius 1 is 1.38 bits per heavy atom. The van der Waals surface area contributed by atoms with Crippen molar-refractivity contribution in [1.29, 1.82) is 0 Å². The van der Waals surface area contributed by atoms with Crippen molar-refractivity contribution in [2.24, 2.45) is 0 Å². The van der Waals surface area contributed by atoms with Gasteiger partial charge in [0, 0.05) is 31.6 Å². The zero-order chi connectivity index (χ0) is 18.7. The molecule has 0 spiro atoms. The van der Waals surface area contributed by atoms with Crippen LogP contribution in [0.1, 0.15) is 43.0 Å². The lowest BCUT2D eigenvalue weighted by Crippen LogP contribution is -2.35. The van der Waals surface area contributed by atoms with Crippen LogP contribution in [0.2, 0.25) is 0 Å². The van der Waals surface area contributed by atoms with Gasteiger partial charge in [0.15, 0.2) is 5.76 Å². The van der Waals surface area contributed by atoms with Crippen molar-refractivity contribution in [3.8, 4) is 0 Å². The average molecular weight is 362 g/mol. The molecule has 2 aromatic heterocycles.